The molecule has 0 heterocycles. The van der Waals surface area contributed by atoms with E-state index in [4.69, 9.17) is 0 Å². The summed E-state index contributed by atoms with van der Waals surface area (Å²) in [6.07, 6.45) is 2.65. The van der Waals surface area contributed by atoms with Gasteiger partial charge in [0.15, 0.2) is 0 Å². The van der Waals surface area contributed by atoms with Crippen molar-refractivity contribution in [2.24, 2.45) is 5.92 Å². The second kappa shape index (κ2) is 3.86. The van der Waals surface area contributed by atoms with Crippen LogP contribution < -0.4 is 5.32 Å². The molecule has 1 aliphatic rings. The fourth-order valence-electron chi connectivity index (χ4n) is 1.80. The number of rotatable bonds is 2. The van der Waals surface area contributed by atoms with Crippen LogP contribution in [0.25, 0.3) is 0 Å². The highest BCUT2D eigenvalue weighted by atomic mass is 127. The van der Waals surface area contributed by atoms with Crippen LogP contribution in [0, 0.1) is 9.49 Å². The van der Waals surface area contributed by atoms with E-state index in [1.807, 2.05) is 0 Å². The van der Waals surface area contributed by atoms with Crippen LogP contribution in [-0.2, 0) is 0 Å². The molecule has 2 rings (SSSR count). The van der Waals surface area contributed by atoms with E-state index in [-0.39, 0.29) is 0 Å². The second-order valence-electron chi connectivity index (χ2n) is 3.92. The van der Waals surface area contributed by atoms with Crippen molar-refractivity contribution in [3.63, 3.8) is 0 Å². The Balaban J connectivity index is 1.91. The summed E-state index contributed by atoms with van der Waals surface area (Å²) in [6.45, 7) is 2.31. The lowest BCUT2D eigenvalue weighted by molar-refractivity contribution is 0.309. The molecule has 70 valence electrons. The van der Waals surface area contributed by atoms with Crippen LogP contribution in [0.2, 0.25) is 0 Å². The largest absolute Gasteiger partial charge is 0.382 e. The van der Waals surface area contributed by atoms with Gasteiger partial charge < -0.3 is 5.32 Å². The summed E-state index contributed by atoms with van der Waals surface area (Å²) in [4.78, 5) is 0. The summed E-state index contributed by atoms with van der Waals surface area (Å²) >= 11 is 2.33. The third-order valence-corrected chi connectivity index (χ3v) is 3.31. The minimum absolute atomic E-state index is 0.718. The standard InChI is InChI=1S/C11H14IN/c1-8-6-11(7-8)13-10-4-2-9(12)3-5-10/h2-5,8,11,13H,6-7H2,1H3. The number of benzene rings is 1. The molecule has 0 unspecified atom stereocenters. The quantitative estimate of drug-likeness (QED) is 0.821. The van der Waals surface area contributed by atoms with E-state index in [0.717, 1.165) is 12.0 Å². The zero-order chi connectivity index (χ0) is 9.26. The van der Waals surface area contributed by atoms with E-state index in [9.17, 15) is 0 Å². The molecule has 0 bridgehead atoms. The van der Waals surface area contributed by atoms with Crippen molar-refractivity contribution in [1.29, 1.82) is 0 Å². The summed E-state index contributed by atoms with van der Waals surface area (Å²) < 4.78 is 1.30. The lowest BCUT2D eigenvalue weighted by atomic mass is 9.82. The van der Waals surface area contributed by atoms with Crippen LogP contribution in [0.15, 0.2) is 24.3 Å². The molecule has 0 aromatic heterocycles. The van der Waals surface area contributed by atoms with E-state index < -0.39 is 0 Å². The summed E-state index contributed by atoms with van der Waals surface area (Å²) in [5.74, 6) is 0.918. The van der Waals surface area contributed by atoms with Gasteiger partial charge in [0, 0.05) is 15.3 Å². The average molecular weight is 287 g/mol. The van der Waals surface area contributed by atoms with Crippen molar-refractivity contribution < 1.29 is 0 Å². The van der Waals surface area contributed by atoms with Gasteiger partial charge in [-0.25, -0.2) is 0 Å². The molecule has 1 aromatic carbocycles. The highest BCUT2D eigenvalue weighted by Gasteiger charge is 2.24. The Hall–Kier alpha value is -0.250. The Labute approximate surface area is 93.1 Å². The molecule has 0 atom stereocenters. The predicted octanol–water partition coefficient (Wildman–Crippen LogP) is 3.50. The summed E-state index contributed by atoms with van der Waals surface area (Å²) in [7, 11) is 0. The van der Waals surface area contributed by atoms with Gasteiger partial charge in [0.1, 0.15) is 0 Å². The number of hydrogen-bond donors (Lipinski definition) is 1. The van der Waals surface area contributed by atoms with Gasteiger partial charge >= 0.3 is 0 Å². The Kier molecular flexibility index (Phi) is 2.77. The van der Waals surface area contributed by atoms with Crippen LogP contribution in [0.1, 0.15) is 19.8 Å². The maximum absolute atomic E-state index is 3.53. The molecule has 1 aliphatic carbocycles. The minimum Gasteiger partial charge on any atom is -0.382 e. The highest BCUT2D eigenvalue weighted by molar-refractivity contribution is 14.1. The number of nitrogens with one attached hydrogen (secondary N) is 1. The topological polar surface area (TPSA) is 12.0 Å². The van der Waals surface area contributed by atoms with Gasteiger partial charge in [-0.1, -0.05) is 6.92 Å². The maximum Gasteiger partial charge on any atom is 0.0343 e. The summed E-state index contributed by atoms with van der Waals surface area (Å²) in [5.41, 5.74) is 1.26. The van der Waals surface area contributed by atoms with E-state index in [2.05, 4.69) is 59.1 Å². The third kappa shape index (κ3) is 2.36. The molecule has 0 aliphatic heterocycles. The first-order valence-corrected chi connectivity index (χ1v) is 5.84. The fraction of sp³-hybridized carbons (Fsp3) is 0.455. The number of anilines is 1. The van der Waals surface area contributed by atoms with Gasteiger partial charge in [-0.3, -0.25) is 0 Å². The smallest absolute Gasteiger partial charge is 0.0343 e. The summed E-state index contributed by atoms with van der Waals surface area (Å²) in [6, 6.07) is 9.32. The molecule has 0 radical (unpaired) electrons. The monoisotopic (exact) mass is 287 g/mol. The van der Waals surface area contributed by atoms with E-state index >= 15 is 0 Å². The van der Waals surface area contributed by atoms with Crippen molar-refractivity contribution in [3.8, 4) is 0 Å². The molecule has 0 spiro atoms. The van der Waals surface area contributed by atoms with Crippen LogP contribution in [0.5, 0.6) is 0 Å². The second-order valence-corrected chi connectivity index (χ2v) is 5.17. The highest BCUT2D eigenvalue weighted by Crippen LogP contribution is 2.29. The third-order valence-electron chi connectivity index (χ3n) is 2.59. The van der Waals surface area contributed by atoms with Crippen LogP contribution >= 0.6 is 22.6 Å². The van der Waals surface area contributed by atoms with E-state index in [0.29, 0.717) is 0 Å². The van der Waals surface area contributed by atoms with Gasteiger partial charge in [0.2, 0.25) is 0 Å². The normalized spacial score (nSPS) is 26.6. The van der Waals surface area contributed by atoms with Gasteiger partial charge in [0.05, 0.1) is 0 Å². The molecule has 0 amide bonds. The Morgan fingerprint density at radius 3 is 2.38 bits per heavy atom. The number of hydrogen-bond acceptors (Lipinski definition) is 1. The van der Waals surface area contributed by atoms with Gasteiger partial charge in [-0.05, 0) is 65.6 Å². The lowest BCUT2D eigenvalue weighted by Crippen LogP contribution is -2.33. The van der Waals surface area contributed by atoms with Gasteiger partial charge in [0.25, 0.3) is 0 Å². The SMILES string of the molecule is CC1CC(Nc2ccc(I)cc2)C1. The molecule has 13 heavy (non-hydrogen) atoms. The first-order chi connectivity index (χ1) is 6.24. The van der Waals surface area contributed by atoms with Crippen LogP contribution in [0.3, 0.4) is 0 Å². The lowest BCUT2D eigenvalue weighted by Gasteiger charge is -2.34. The molecule has 2 heteroatoms. The summed E-state index contributed by atoms with van der Waals surface area (Å²) in [5, 5.41) is 3.53. The van der Waals surface area contributed by atoms with Crippen molar-refractivity contribution in [2.45, 2.75) is 25.8 Å². The van der Waals surface area contributed by atoms with Crippen molar-refractivity contribution in [3.05, 3.63) is 27.8 Å². The molecule has 1 nitrogen and oxygen atoms in total. The van der Waals surface area contributed by atoms with Gasteiger partial charge in [-0.2, -0.15) is 0 Å². The molecule has 1 fully saturated rings. The zero-order valence-corrected chi connectivity index (χ0v) is 9.91. The van der Waals surface area contributed by atoms with Crippen molar-refractivity contribution in [2.75, 3.05) is 5.32 Å². The first-order valence-electron chi connectivity index (χ1n) is 4.76. The molecule has 1 N–H and O–H groups in total. The minimum atomic E-state index is 0.718. The van der Waals surface area contributed by atoms with E-state index in [1.165, 1.54) is 22.1 Å². The maximum atomic E-state index is 3.53. The molecule has 0 saturated heterocycles. The predicted molar refractivity (Wildman–Crippen MR) is 65.0 cm³/mol. The zero-order valence-electron chi connectivity index (χ0n) is 7.76. The van der Waals surface area contributed by atoms with Crippen LogP contribution in [-0.4, -0.2) is 6.04 Å². The molecule has 1 aromatic rings. The molecular formula is C11H14IN. The van der Waals surface area contributed by atoms with Crippen molar-refractivity contribution in [1.82, 2.24) is 0 Å². The first kappa shape index (κ1) is 9.31. The van der Waals surface area contributed by atoms with Crippen LogP contribution in [0.4, 0.5) is 5.69 Å². The molecule has 1 saturated carbocycles. The fourth-order valence-corrected chi connectivity index (χ4v) is 2.16. The van der Waals surface area contributed by atoms with Gasteiger partial charge in [-0.15, -0.1) is 0 Å². The number of halogens is 1. The Bertz CT molecular complexity index is 275. The average Bonchev–Trinajstić information content (AvgIpc) is 2.06. The Morgan fingerprint density at radius 2 is 1.85 bits per heavy atom. The molecular weight excluding hydrogens is 273 g/mol. The Morgan fingerprint density at radius 1 is 1.23 bits per heavy atom. The van der Waals surface area contributed by atoms with E-state index in [1.54, 1.807) is 0 Å². The van der Waals surface area contributed by atoms with Crippen molar-refractivity contribution >= 4 is 28.3 Å².